The van der Waals surface area contributed by atoms with Crippen molar-refractivity contribution in [1.29, 1.82) is 5.26 Å². The molecule has 0 aliphatic carbocycles. The van der Waals surface area contributed by atoms with Crippen LogP contribution in [-0.4, -0.2) is 29.8 Å². The van der Waals surface area contributed by atoms with Gasteiger partial charge in [0.15, 0.2) is 11.8 Å². The highest BCUT2D eigenvalue weighted by Gasteiger charge is 2.20. The van der Waals surface area contributed by atoms with Crippen LogP contribution in [0.25, 0.3) is 0 Å². The van der Waals surface area contributed by atoms with Gasteiger partial charge < -0.3 is 0 Å². The number of nitriles is 1. The van der Waals surface area contributed by atoms with Crippen LogP contribution in [0.4, 0.5) is 0 Å². The Bertz CT molecular complexity index is 179. The van der Waals surface area contributed by atoms with E-state index >= 15 is 0 Å². The van der Waals surface area contributed by atoms with Gasteiger partial charge in [-0.25, -0.2) is 0 Å². The Balaban J connectivity index is 4.33. The Hall–Kier alpha value is -0.880. The lowest BCUT2D eigenvalue weighted by molar-refractivity contribution is -0.122. The summed E-state index contributed by atoms with van der Waals surface area (Å²) >= 11 is 0. The standard InChI is InChI=1S/C9H16N2O/c1-4-9(12)8(7-10)11(5-2)6-3/h8H,4-6H2,1-3H3. The molecule has 1 atom stereocenters. The van der Waals surface area contributed by atoms with Crippen LogP contribution in [0.3, 0.4) is 0 Å². The highest BCUT2D eigenvalue weighted by molar-refractivity contribution is 5.86. The van der Waals surface area contributed by atoms with Crippen LogP contribution in [0.15, 0.2) is 0 Å². The number of hydrogen-bond acceptors (Lipinski definition) is 3. The van der Waals surface area contributed by atoms with Gasteiger partial charge >= 0.3 is 0 Å². The fraction of sp³-hybridized carbons (Fsp3) is 0.778. The van der Waals surface area contributed by atoms with E-state index in [2.05, 4.69) is 0 Å². The van der Waals surface area contributed by atoms with Gasteiger partial charge in [0.05, 0.1) is 6.07 Å². The summed E-state index contributed by atoms with van der Waals surface area (Å²) in [5, 5.41) is 8.75. The first-order valence-corrected chi connectivity index (χ1v) is 4.37. The zero-order valence-corrected chi connectivity index (χ0v) is 8.00. The van der Waals surface area contributed by atoms with Gasteiger partial charge in [-0.1, -0.05) is 20.8 Å². The lowest BCUT2D eigenvalue weighted by Crippen LogP contribution is -2.39. The van der Waals surface area contributed by atoms with Gasteiger partial charge in [0.2, 0.25) is 0 Å². The molecule has 3 nitrogen and oxygen atoms in total. The molecule has 68 valence electrons. The van der Waals surface area contributed by atoms with Gasteiger partial charge in [0.25, 0.3) is 0 Å². The van der Waals surface area contributed by atoms with Crippen molar-refractivity contribution in [2.75, 3.05) is 13.1 Å². The SMILES string of the molecule is CCC(=O)C(C#N)N(CC)CC. The first kappa shape index (κ1) is 11.1. The van der Waals surface area contributed by atoms with Gasteiger partial charge in [0.1, 0.15) is 0 Å². The van der Waals surface area contributed by atoms with Crippen molar-refractivity contribution in [3.05, 3.63) is 0 Å². The predicted octanol–water partition coefficient (Wildman–Crippen LogP) is 1.20. The zero-order valence-electron chi connectivity index (χ0n) is 8.00. The summed E-state index contributed by atoms with van der Waals surface area (Å²) in [5.41, 5.74) is 0. The maximum atomic E-state index is 11.2. The number of carbonyl (C=O) groups excluding carboxylic acids is 1. The molecule has 12 heavy (non-hydrogen) atoms. The Morgan fingerprint density at radius 1 is 1.42 bits per heavy atom. The second-order valence-electron chi connectivity index (χ2n) is 2.57. The molecule has 0 rings (SSSR count). The van der Waals surface area contributed by atoms with Crippen LogP contribution in [0, 0.1) is 11.3 Å². The van der Waals surface area contributed by atoms with Crippen molar-refractivity contribution in [3.63, 3.8) is 0 Å². The number of nitrogens with zero attached hydrogens (tertiary/aromatic N) is 2. The maximum Gasteiger partial charge on any atom is 0.164 e. The summed E-state index contributed by atoms with van der Waals surface area (Å²) in [6.07, 6.45) is 0.439. The van der Waals surface area contributed by atoms with Crippen LogP contribution in [0.2, 0.25) is 0 Å². The summed E-state index contributed by atoms with van der Waals surface area (Å²) < 4.78 is 0. The fourth-order valence-corrected chi connectivity index (χ4v) is 1.14. The lowest BCUT2D eigenvalue weighted by atomic mass is 10.1. The quantitative estimate of drug-likeness (QED) is 0.619. The molecular formula is C9H16N2O. The van der Waals surface area contributed by atoms with E-state index in [0.717, 1.165) is 13.1 Å². The molecule has 0 amide bonds. The third kappa shape index (κ3) is 2.63. The largest absolute Gasteiger partial charge is 0.297 e. The van der Waals surface area contributed by atoms with Crippen molar-refractivity contribution in [1.82, 2.24) is 4.90 Å². The minimum atomic E-state index is -0.537. The van der Waals surface area contributed by atoms with Crippen LogP contribution in [0.1, 0.15) is 27.2 Å². The van der Waals surface area contributed by atoms with Gasteiger partial charge in [0, 0.05) is 6.42 Å². The summed E-state index contributed by atoms with van der Waals surface area (Å²) in [4.78, 5) is 13.1. The van der Waals surface area contributed by atoms with Gasteiger partial charge in [-0.05, 0) is 13.1 Å². The molecule has 0 N–H and O–H groups in total. The second-order valence-corrected chi connectivity index (χ2v) is 2.57. The Kier molecular flexibility index (Phi) is 5.31. The van der Waals surface area contributed by atoms with Crippen LogP contribution < -0.4 is 0 Å². The monoisotopic (exact) mass is 168 g/mol. The topological polar surface area (TPSA) is 44.1 Å². The molecule has 0 spiro atoms. The lowest BCUT2D eigenvalue weighted by Gasteiger charge is -2.22. The summed E-state index contributed by atoms with van der Waals surface area (Å²) in [7, 11) is 0. The normalized spacial score (nSPS) is 12.6. The predicted molar refractivity (Wildman–Crippen MR) is 47.6 cm³/mol. The smallest absolute Gasteiger partial charge is 0.164 e. The first-order valence-electron chi connectivity index (χ1n) is 4.37. The number of Topliss-reactive ketones (excluding diaryl/α,β-unsaturated/α-hetero) is 1. The third-order valence-corrected chi connectivity index (χ3v) is 1.95. The molecule has 0 aromatic carbocycles. The van der Waals surface area contributed by atoms with Crippen LogP contribution >= 0.6 is 0 Å². The Morgan fingerprint density at radius 3 is 2.17 bits per heavy atom. The first-order chi connectivity index (χ1) is 5.71. The molecular weight excluding hydrogens is 152 g/mol. The number of carbonyl (C=O) groups is 1. The van der Waals surface area contributed by atoms with Crippen molar-refractivity contribution in [3.8, 4) is 6.07 Å². The van der Waals surface area contributed by atoms with Crippen molar-refractivity contribution in [2.24, 2.45) is 0 Å². The highest BCUT2D eigenvalue weighted by Crippen LogP contribution is 2.01. The zero-order chi connectivity index (χ0) is 9.56. The molecule has 0 aromatic rings. The summed E-state index contributed by atoms with van der Waals surface area (Å²) in [5.74, 6) is 0.0150. The molecule has 0 heterocycles. The number of rotatable bonds is 5. The van der Waals surface area contributed by atoms with Crippen LogP contribution in [-0.2, 0) is 4.79 Å². The maximum absolute atomic E-state index is 11.2. The molecule has 3 heteroatoms. The molecule has 0 aliphatic rings. The second kappa shape index (κ2) is 5.73. The number of ketones is 1. The van der Waals surface area contributed by atoms with Crippen molar-refractivity contribution < 1.29 is 4.79 Å². The molecule has 0 aromatic heterocycles. The van der Waals surface area contributed by atoms with E-state index in [1.807, 2.05) is 24.8 Å². The van der Waals surface area contributed by atoms with E-state index in [0.29, 0.717) is 6.42 Å². The molecule has 0 radical (unpaired) electrons. The summed E-state index contributed by atoms with van der Waals surface area (Å²) in [6, 6.07) is 1.49. The molecule has 0 saturated heterocycles. The summed E-state index contributed by atoms with van der Waals surface area (Å²) in [6.45, 7) is 7.20. The van der Waals surface area contributed by atoms with Crippen LogP contribution in [0.5, 0.6) is 0 Å². The molecule has 0 fully saturated rings. The average Bonchev–Trinajstić information content (AvgIpc) is 2.12. The fourth-order valence-electron chi connectivity index (χ4n) is 1.14. The van der Waals surface area contributed by atoms with Gasteiger partial charge in [-0.15, -0.1) is 0 Å². The van der Waals surface area contributed by atoms with Crippen molar-refractivity contribution >= 4 is 5.78 Å². The van der Waals surface area contributed by atoms with E-state index in [1.54, 1.807) is 6.92 Å². The Labute approximate surface area is 74.0 Å². The van der Waals surface area contributed by atoms with E-state index in [-0.39, 0.29) is 5.78 Å². The minimum absolute atomic E-state index is 0.0150. The average molecular weight is 168 g/mol. The van der Waals surface area contributed by atoms with E-state index < -0.39 is 6.04 Å². The third-order valence-electron chi connectivity index (χ3n) is 1.95. The van der Waals surface area contributed by atoms with Crippen molar-refractivity contribution in [2.45, 2.75) is 33.2 Å². The number of hydrogen-bond donors (Lipinski definition) is 0. The van der Waals surface area contributed by atoms with E-state index in [4.69, 9.17) is 5.26 Å². The highest BCUT2D eigenvalue weighted by atomic mass is 16.1. The van der Waals surface area contributed by atoms with Gasteiger partial charge in [-0.3, -0.25) is 9.69 Å². The molecule has 0 bridgehead atoms. The van der Waals surface area contributed by atoms with E-state index in [1.165, 1.54) is 0 Å². The molecule has 1 unspecified atom stereocenters. The molecule has 0 saturated carbocycles. The van der Waals surface area contributed by atoms with Gasteiger partial charge in [-0.2, -0.15) is 5.26 Å². The minimum Gasteiger partial charge on any atom is -0.297 e. The molecule has 0 aliphatic heterocycles. The van der Waals surface area contributed by atoms with E-state index in [9.17, 15) is 4.79 Å². The Morgan fingerprint density at radius 2 is 1.92 bits per heavy atom. The number of likely N-dealkylation sites (N-methyl/N-ethyl adjacent to an activating group) is 1.